The fraction of sp³-hybridized carbons (Fsp3) is 0.136. The summed E-state index contributed by atoms with van der Waals surface area (Å²) in [6.07, 6.45) is 3.06. The number of halogens is 1. The third kappa shape index (κ3) is 2.88. The molecular formula is C22H17FO. The molecule has 0 saturated carbocycles. The van der Waals surface area contributed by atoms with E-state index >= 15 is 0 Å². The quantitative estimate of drug-likeness (QED) is 0.609. The predicted molar refractivity (Wildman–Crippen MR) is 95.3 cm³/mol. The van der Waals surface area contributed by atoms with E-state index in [0.29, 0.717) is 6.42 Å². The summed E-state index contributed by atoms with van der Waals surface area (Å²) in [6, 6.07) is 21.0. The van der Waals surface area contributed by atoms with Crippen LogP contribution in [0.25, 0.3) is 16.3 Å². The van der Waals surface area contributed by atoms with Crippen molar-refractivity contribution < 1.29 is 9.18 Å². The second-order valence-electron chi connectivity index (χ2n) is 6.35. The van der Waals surface area contributed by atoms with Gasteiger partial charge in [-0.25, -0.2) is 4.39 Å². The lowest BCUT2D eigenvalue weighted by atomic mass is 9.81. The number of fused-ring (bicyclic) bond motifs is 1. The second-order valence-corrected chi connectivity index (χ2v) is 6.35. The normalized spacial score (nSPS) is 17.8. The van der Waals surface area contributed by atoms with Gasteiger partial charge in [-0.2, -0.15) is 0 Å². The van der Waals surface area contributed by atoms with Crippen LogP contribution in [0.2, 0.25) is 0 Å². The highest BCUT2D eigenvalue weighted by Crippen LogP contribution is 2.36. The Kier molecular flexibility index (Phi) is 3.73. The van der Waals surface area contributed by atoms with Crippen molar-refractivity contribution in [1.29, 1.82) is 0 Å². The number of carbonyl (C=O) groups is 1. The van der Waals surface area contributed by atoms with Gasteiger partial charge in [-0.05, 0) is 64.1 Å². The molecule has 1 aliphatic rings. The van der Waals surface area contributed by atoms with Crippen LogP contribution >= 0.6 is 0 Å². The molecule has 1 atom stereocenters. The minimum absolute atomic E-state index is 0.115. The van der Waals surface area contributed by atoms with Crippen molar-refractivity contribution in [3.8, 4) is 0 Å². The molecule has 24 heavy (non-hydrogen) atoms. The van der Waals surface area contributed by atoms with Gasteiger partial charge >= 0.3 is 0 Å². The fourth-order valence-corrected chi connectivity index (χ4v) is 3.45. The van der Waals surface area contributed by atoms with Crippen LogP contribution in [0.15, 0.2) is 72.8 Å². The molecule has 4 rings (SSSR count). The molecule has 0 spiro atoms. The van der Waals surface area contributed by atoms with E-state index in [1.54, 1.807) is 18.2 Å². The lowest BCUT2D eigenvalue weighted by molar-refractivity contribution is -0.115. The van der Waals surface area contributed by atoms with Crippen LogP contribution in [0.1, 0.15) is 29.9 Å². The SMILES string of the molecule is O=C1C=C(c2ccc3ccccc3c2)C[C@@H](c2ccc(F)cc2)C1. The van der Waals surface area contributed by atoms with Gasteiger partial charge in [-0.15, -0.1) is 0 Å². The zero-order valence-corrected chi connectivity index (χ0v) is 13.2. The van der Waals surface area contributed by atoms with Gasteiger partial charge in [-0.3, -0.25) is 4.79 Å². The van der Waals surface area contributed by atoms with Gasteiger partial charge in [0.2, 0.25) is 0 Å². The molecule has 2 heteroatoms. The maximum atomic E-state index is 13.1. The van der Waals surface area contributed by atoms with Crippen LogP contribution in [0.5, 0.6) is 0 Å². The van der Waals surface area contributed by atoms with Crippen molar-refractivity contribution in [3.05, 3.63) is 89.8 Å². The molecule has 0 amide bonds. The summed E-state index contributed by atoms with van der Waals surface area (Å²) in [7, 11) is 0. The molecule has 0 N–H and O–H groups in total. The van der Waals surface area contributed by atoms with Crippen molar-refractivity contribution in [2.24, 2.45) is 0 Å². The summed E-state index contributed by atoms with van der Waals surface area (Å²) in [4.78, 5) is 12.2. The number of carbonyl (C=O) groups excluding carboxylic acids is 1. The Balaban J connectivity index is 1.68. The highest BCUT2D eigenvalue weighted by Gasteiger charge is 2.23. The molecule has 0 saturated heterocycles. The molecule has 3 aromatic carbocycles. The van der Waals surface area contributed by atoms with Gasteiger partial charge in [0.05, 0.1) is 0 Å². The summed E-state index contributed by atoms with van der Waals surface area (Å²) in [5.41, 5.74) is 3.18. The maximum Gasteiger partial charge on any atom is 0.156 e. The van der Waals surface area contributed by atoms with E-state index in [-0.39, 0.29) is 17.5 Å². The number of allylic oxidation sites excluding steroid dienone is 2. The van der Waals surface area contributed by atoms with Crippen molar-refractivity contribution in [3.63, 3.8) is 0 Å². The first-order chi connectivity index (χ1) is 11.7. The highest BCUT2D eigenvalue weighted by molar-refractivity contribution is 6.00. The van der Waals surface area contributed by atoms with Crippen LogP contribution in [-0.2, 0) is 4.79 Å². The standard InChI is InChI=1S/C22H17FO/c23-21-9-7-16(8-10-21)19-12-20(14-22(24)13-19)18-6-5-15-3-1-2-4-17(15)11-18/h1-11,14,19H,12-13H2/t19-/m1/s1. The van der Waals surface area contributed by atoms with E-state index in [2.05, 4.69) is 30.3 Å². The summed E-state index contributed by atoms with van der Waals surface area (Å²) in [5.74, 6) is 0.00878. The van der Waals surface area contributed by atoms with Gasteiger partial charge in [-0.1, -0.05) is 48.5 Å². The summed E-state index contributed by atoms with van der Waals surface area (Å²) >= 11 is 0. The lowest BCUT2D eigenvalue weighted by Crippen LogP contribution is -2.12. The van der Waals surface area contributed by atoms with Gasteiger partial charge in [0.1, 0.15) is 5.82 Å². The number of rotatable bonds is 2. The van der Waals surface area contributed by atoms with E-state index in [1.807, 2.05) is 12.1 Å². The van der Waals surface area contributed by atoms with E-state index in [0.717, 1.165) is 23.1 Å². The van der Waals surface area contributed by atoms with Crippen LogP contribution in [0.4, 0.5) is 4.39 Å². The Morgan fingerprint density at radius 1 is 0.833 bits per heavy atom. The van der Waals surface area contributed by atoms with Gasteiger partial charge in [0.25, 0.3) is 0 Å². The monoisotopic (exact) mass is 316 g/mol. The molecule has 0 bridgehead atoms. The molecule has 118 valence electrons. The minimum Gasteiger partial charge on any atom is -0.295 e. The third-order valence-corrected chi connectivity index (χ3v) is 4.71. The molecule has 1 nitrogen and oxygen atoms in total. The first-order valence-corrected chi connectivity index (χ1v) is 8.17. The molecule has 0 fully saturated rings. The Labute approximate surface area is 140 Å². The first-order valence-electron chi connectivity index (χ1n) is 8.17. The first kappa shape index (κ1) is 14.8. The number of hydrogen-bond acceptors (Lipinski definition) is 1. The third-order valence-electron chi connectivity index (χ3n) is 4.71. The molecule has 0 heterocycles. The molecule has 1 aliphatic carbocycles. The van der Waals surface area contributed by atoms with Crippen LogP contribution in [0, 0.1) is 5.82 Å². The molecule has 0 radical (unpaired) electrons. The van der Waals surface area contributed by atoms with E-state index in [1.165, 1.54) is 22.9 Å². The van der Waals surface area contributed by atoms with E-state index in [4.69, 9.17) is 0 Å². The number of benzene rings is 3. The van der Waals surface area contributed by atoms with Crippen molar-refractivity contribution >= 4 is 22.1 Å². The van der Waals surface area contributed by atoms with Crippen molar-refractivity contribution in [1.82, 2.24) is 0 Å². The Morgan fingerprint density at radius 2 is 1.58 bits per heavy atom. The topological polar surface area (TPSA) is 17.1 Å². The molecular weight excluding hydrogens is 299 g/mol. The highest BCUT2D eigenvalue weighted by atomic mass is 19.1. The van der Waals surface area contributed by atoms with Gasteiger partial charge in [0, 0.05) is 6.42 Å². The Bertz CT molecular complexity index is 938. The summed E-state index contributed by atoms with van der Waals surface area (Å²) in [6.45, 7) is 0. The van der Waals surface area contributed by atoms with Crippen LogP contribution in [-0.4, -0.2) is 5.78 Å². The van der Waals surface area contributed by atoms with Gasteiger partial charge in [0.15, 0.2) is 5.78 Å². The Morgan fingerprint density at radius 3 is 2.38 bits per heavy atom. The lowest BCUT2D eigenvalue weighted by Gasteiger charge is -2.23. The molecule has 0 unspecified atom stereocenters. The summed E-state index contributed by atoms with van der Waals surface area (Å²) in [5, 5.41) is 2.37. The van der Waals surface area contributed by atoms with E-state index < -0.39 is 0 Å². The predicted octanol–water partition coefficient (Wildman–Crippen LogP) is 5.51. The molecule has 0 aliphatic heterocycles. The second kappa shape index (κ2) is 6.04. The van der Waals surface area contributed by atoms with Gasteiger partial charge < -0.3 is 0 Å². The maximum absolute atomic E-state index is 13.1. The average Bonchev–Trinajstić information content (AvgIpc) is 2.61. The zero-order valence-electron chi connectivity index (χ0n) is 13.2. The largest absolute Gasteiger partial charge is 0.295 e. The number of hydrogen-bond donors (Lipinski definition) is 0. The molecule has 3 aromatic rings. The summed E-state index contributed by atoms with van der Waals surface area (Å²) < 4.78 is 13.1. The van der Waals surface area contributed by atoms with E-state index in [9.17, 15) is 9.18 Å². The smallest absolute Gasteiger partial charge is 0.156 e. The van der Waals surface area contributed by atoms with Crippen LogP contribution < -0.4 is 0 Å². The van der Waals surface area contributed by atoms with Crippen molar-refractivity contribution in [2.75, 3.05) is 0 Å². The van der Waals surface area contributed by atoms with Crippen LogP contribution in [0.3, 0.4) is 0 Å². The Hall–Kier alpha value is -2.74. The fourth-order valence-electron chi connectivity index (χ4n) is 3.45. The zero-order chi connectivity index (χ0) is 16.5. The molecule has 0 aromatic heterocycles. The van der Waals surface area contributed by atoms with Crippen molar-refractivity contribution in [2.45, 2.75) is 18.8 Å². The average molecular weight is 316 g/mol. The minimum atomic E-state index is -0.244. The number of ketones is 1.